The minimum atomic E-state index is -0.548. The molecular weight excluding hydrogens is 390 g/mol. The molecule has 0 saturated carbocycles. The van der Waals surface area contributed by atoms with Gasteiger partial charge in [0, 0.05) is 10.9 Å². The molecule has 0 radical (unpaired) electrons. The first kappa shape index (κ1) is 16.7. The van der Waals surface area contributed by atoms with Crippen LogP contribution in [-0.2, 0) is 9.59 Å². The molecule has 5 nitrogen and oxygen atoms in total. The second-order valence-electron chi connectivity index (χ2n) is 5.14. The van der Waals surface area contributed by atoms with Crippen molar-refractivity contribution in [1.29, 1.82) is 0 Å². The van der Waals surface area contributed by atoms with Crippen molar-refractivity contribution >= 4 is 56.0 Å². The largest absolute Gasteiger partial charge is 0.378 e. The Bertz CT molecular complexity index is 793. The Morgan fingerprint density at radius 2 is 1.79 bits per heavy atom. The molecule has 2 amide bonds. The van der Waals surface area contributed by atoms with Gasteiger partial charge in [0.2, 0.25) is 11.8 Å². The molecule has 1 heterocycles. The SMILES string of the molecule is NC(=Nc1ccccc1)S[C@H]1CC(=O)N(c2ccc(Br)cc2)C1=O. The highest BCUT2D eigenvalue weighted by atomic mass is 79.9. The molecular formula is C17H14BrN3O2S. The second kappa shape index (κ2) is 7.19. The Kier molecular flexibility index (Phi) is 5.01. The van der Waals surface area contributed by atoms with E-state index in [0.29, 0.717) is 11.4 Å². The van der Waals surface area contributed by atoms with Crippen LogP contribution in [0.5, 0.6) is 0 Å². The number of amides is 2. The third kappa shape index (κ3) is 3.68. The zero-order valence-electron chi connectivity index (χ0n) is 12.6. The van der Waals surface area contributed by atoms with Gasteiger partial charge >= 0.3 is 0 Å². The summed E-state index contributed by atoms with van der Waals surface area (Å²) in [4.78, 5) is 30.2. The van der Waals surface area contributed by atoms with Crippen LogP contribution < -0.4 is 10.6 Å². The lowest BCUT2D eigenvalue weighted by molar-refractivity contribution is -0.121. The summed E-state index contributed by atoms with van der Waals surface area (Å²) in [5, 5.41) is -0.279. The van der Waals surface area contributed by atoms with Crippen LogP contribution in [0.4, 0.5) is 11.4 Å². The molecule has 1 fully saturated rings. The summed E-state index contributed by atoms with van der Waals surface area (Å²) in [5.74, 6) is -0.495. The van der Waals surface area contributed by atoms with Crippen molar-refractivity contribution in [3.05, 3.63) is 59.1 Å². The first-order chi connectivity index (χ1) is 11.5. The van der Waals surface area contributed by atoms with Crippen molar-refractivity contribution in [2.45, 2.75) is 11.7 Å². The Morgan fingerprint density at radius 3 is 2.46 bits per heavy atom. The van der Waals surface area contributed by atoms with Crippen LogP contribution in [-0.4, -0.2) is 22.2 Å². The van der Waals surface area contributed by atoms with E-state index in [1.54, 1.807) is 24.3 Å². The van der Waals surface area contributed by atoms with E-state index in [-0.39, 0.29) is 23.4 Å². The van der Waals surface area contributed by atoms with E-state index in [1.165, 1.54) is 4.90 Å². The zero-order valence-corrected chi connectivity index (χ0v) is 15.0. The van der Waals surface area contributed by atoms with Crippen LogP contribution in [0.1, 0.15) is 6.42 Å². The standard InChI is InChI=1S/C17H14BrN3O2S/c18-11-6-8-13(9-7-11)21-15(22)10-14(16(21)23)24-17(19)20-12-4-2-1-3-5-12/h1-9,14H,10H2,(H2,19,20)/t14-/m0/s1. The van der Waals surface area contributed by atoms with Gasteiger partial charge in [0.1, 0.15) is 5.25 Å². The number of aliphatic imine (C=N–C) groups is 1. The molecule has 0 spiro atoms. The van der Waals surface area contributed by atoms with E-state index < -0.39 is 5.25 Å². The van der Waals surface area contributed by atoms with E-state index in [1.807, 2.05) is 30.3 Å². The average Bonchev–Trinajstić information content (AvgIpc) is 2.83. The smallest absolute Gasteiger partial charge is 0.247 e. The van der Waals surface area contributed by atoms with Crippen molar-refractivity contribution < 1.29 is 9.59 Å². The van der Waals surface area contributed by atoms with Crippen LogP contribution >= 0.6 is 27.7 Å². The molecule has 1 atom stereocenters. The number of nitrogens with zero attached hydrogens (tertiary/aromatic N) is 2. The van der Waals surface area contributed by atoms with Crippen LogP contribution in [0.15, 0.2) is 64.1 Å². The maximum absolute atomic E-state index is 12.6. The number of hydrogen-bond donors (Lipinski definition) is 1. The van der Waals surface area contributed by atoms with Crippen molar-refractivity contribution in [2.24, 2.45) is 10.7 Å². The summed E-state index contributed by atoms with van der Waals surface area (Å²) in [6.45, 7) is 0. The second-order valence-corrected chi connectivity index (χ2v) is 7.28. The summed E-state index contributed by atoms with van der Waals surface area (Å²) in [6.07, 6.45) is 0.116. The van der Waals surface area contributed by atoms with Crippen molar-refractivity contribution in [3.63, 3.8) is 0 Å². The van der Waals surface area contributed by atoms with Gasteiger partial charge in [-0.1, -0.05) is 45.9 Å². The number of halogens is 1. The van der Waals surface area contributed by atoms with Crippen LogP contribution in [0.25, 0.3) is 0 Å². The molecule has 0 aliphatic carbocycles. The number of nitrogens with two attached hydrogens (primary N) is 1. The van der Waals surface area contributed by atoms with Gasteiger partial charge in [-0.2, -0.15) is 0 Å². The monoisotopic (exact) mass is 403 g/mol. The summed E-state index contributed by atoms with van der Waals surface area (Å²) < 4.78 is 0.885. The lowest BCUT2D eigenvalue weighted by Crippen LogP contribution is -2.31. The van der Waals surface area contributed by atoms with Crippen molar-refractivity contribution in [1.82, 2.24) is 0 Å². The number of thioether (sulfide) groups is 1. The van der Waals surface area contributed by atoms with Gasteiger partial charge in [-0.25, -0.2) is 9.89 Å². The van der Waals surface area contributed by atoms with E-state index in [2.05, 4.69) is 20.9 Å². The zero-order chi connectivity index (χ0) is 17.1. The Hall–Kier alpha value is -2.12. The number of hydrogen-bond acceptors (Lipinski definition) is 4. The highest BCUT2D eigenvalue weighted by Gasteiger charge is 2.40. The minimum absolute atomic E-state index is 0.116. The Labute approximate surface area is 152 Å². The molecule has 122 valence electrons. The van der Waals surface area contributed by atoms with Gasteiger partial charge in [0.25, 0.3) is 0 Å². The number of amidine groups is 1. The Morgan fingerprint density at radius 1 is 1.12 bits per heavy atom. The molecule has 24 heavy (non-hydrogen) atoms. The first-order valence-corrected chi connectivity index (χ1v) is 8.90. The molecule has 2 aromatic rings. The van der Waals surface area contributed by atoms with E-state index in [9.17, 15) is 9.59 Å². The number of imide groups is 1. The molecule has 0 aromatic heterocycles. The summed E-state index contributed by atoms with van der Waals surface area (Å²) in [7, 11) is 0. The van der Waals surface area contributed by atoms with Gasteiger partial charge in [0.15, 0.2) is 5.17 Å². The molecule has 1 aliphatic heterocycles. The first-order valence-electron chi connectivity index (χ1n) is 7.23. The molecule has 2 aromatic carbocycles. The minimum Gasteiger partial charge on any atom is -0.378 e. The van der Waals surface area contributed by atoms with Crippen LogP contribution in [0.3, 0.4) is 0 Å². The third-order valence-electron chi connectivity index (χ3n) is 3.45. The Balaban J connectivity index is 1.74. The number of anilines is 1. The lowest BCUT2D eigenvalue weighted by Gasteiger charge is -2.14. The normalized spacial score (nSPS) is 18.3. The fourth-order valence-electron chi connectivity index (χ4n) is 2.36. The highest BCUT2D eigenvalue weighted by Crippen LogP contribution is 2.30. The number of para-hydroxylation sites is 1. The molecule has 0 bridgehead atoms. The quantitative estimate of drug-likeness (QED) is 0.483. The molecule has 3 rings (SSSR count). The van der Waals surface area contributed by atoms with Crippen LogP contribution in [0, 0.1) is 0 Å². The van der Waals surface area contributed by atoms with E-state index in [4.69, 9.17) is 5.73 Å². The number of rotatable bonds is 3. The molecule has 1 saturated heterocycles. The highest BCUT2D eigenvalue weighted by molar-refractivity contribution is 9.10. The molecule has 1 aliphatic rings. The van der Waals surface area contributed by atoms with Crippen molar-refractivity contribution in [2.75, 3.05) is 4.90 Å². The third-order valence-corrected chi connectivity index (χ3v) is 4.96. The molecule has 2 N–H and O–H groups in total. The lowest BCUT2D eigenvalue weighted by atomic mass is 10.3. The molecule has 0 unspecified atom stereocenters. The van der Waals surface area contributed by atoms with Gasteiger partial charge < -0.3 is 5.73 Å². The average molecular weight is 404 g/mol. The fourth-order valence-corrected chi connectivity index (χ4v) is 3.51. The van der Waals surface area contributed by atoms with Gasteiger partial charge in [-0.05, 0) is 36.4 Å². The van der Waals surface area contributed by atoms with E-state index in [0.717, 1.165) is 16.2 Å². The van der Waals surface area contributed by atoms with E-state index >= 15 is 0 Å². The van der Waals surface area contributed by atoms with Crippen LogP contribution in [0.2, 0.25) is 0 Å². The summed E-state index contributed by atoms with van der Waals surface area (Å²) in [6, 6.07) is 16.3. The fraction of sp³-hybridized carbons (Fsp3) is 0.118. The van der Waals surface area contributed by atoms with Gasteiger partial charge in [0.05, 0.1) is 11.4 Å². The topological polar surface area (TPSA) is 75.8 Å². The number of carbonyl (C=O) groups excluding carboxylic acids is 2. The van der Waals surface area contributed by atoms with Gasteiger partial charge in [-0.3, -0.25) is 9.59 Å². The number of carbonyl (C=O) groups is 2. The van der Waals surface area contributed by atoms with Crippen molar-refractivity contribution in [3.8, 4) is 0 Å². The van der Waals surface area contributed by atoms with Gasteiger partial charge in [-0.15, -0.1) is 0 Å². The number of benzene rings is 2. The molecule has 7 heteroatoms. The predicted octanol–water partition coefficient (Wildman–Crippen LogP) is 3.46. The maximum Gasteiger partial charge on any atom is 0.247 e. The predicted molar refractivity (Wildman–Crippen MR) is 100 cm³/mol. The maximum atomic E-state index is 12.6. The summed E-state index contributed by atoms with van der Waals surface area (Å²) >= 11 is 4.46. The summed E-state index contributed by atoms with van der Waals surface area (Å²) in [5.41, 5.74) is 7.20.